The first-order valence-corrected chi connectivity index (χ1v) is 7.11. The van der Waals surface area contributed by atoms with E-state index in [9.17, 15) is 0 Å². The van der Waals surface area contributed by atoms with Crippen LogP contribution >= 0.6 is 22.6 Å². The smallest absolute Gasteiger partial charge is 0.119 e. The van der Waals surface area contributed by atoms with Gasteiger partial charge in [-0.1, -0.05) is 53.1 Å². The quantitative estimate of drug-likeness (QED) is 0.412. The number of ether oxygens (including phenoxy) is 1. The molecule has 1 rings (SSSR count). The lowest BCUT2D eigenvalue weighted by Crippen LogP contribution is -1.97. The lowest BCUT2D eigenvalue weighted by molar-refractivity contribution is 0.305. The van der Waals surface area contributed by atoms with Gasteiger partial charge in [-0.2, -0.15) is 0 Å². The molecule has 0 fully saturated rings. The normalized spacial score (nSPS) is 10.3. The van der Waals surface area contributed by atoms with Crippen molar-refractivity contribution in [1.29, 1.82) is 0 Å². The van der Waals surface area contributed by atoms with Gasteiger partial charge in [-0.3, -0.25) is 0 Å². The van der Waals surface area contributed by atoms with E-state index in [1.807, 2.05) is 12.1 Å². The van der Waals surface area contributed by atoms with Gasteiger partial charge in [0.05, 0.1) is 6.61 Å². The molecule has 0 spiro atoms. The molecule has 0 aromatic heterocycles. The zero-order chi connectivity index (χ0) is 10.9. The Morgan fingerprint density at radius 2 is 1.67 bits per heavy atom. The number of alkyl halides is 1. The van der Waals surface area contributed by atoms with Gasteiger partial charge in [0.2, 0.25) is 0 Å². The highest BCUT2D eigenvalue weighted by Crippen LogP contribution is 2.12. The van der Waals surface area contributed by atoms with Crippen molar-refractivity contribution in [3.8, 4) is 5.75 Å². The van der Waals surface area contributed by atoms with Crippen molar-refractivity contribution < 1.29 is 4.74 Å². The molecule has 0 unspecified atom stereocenters. The molecule has 0 aliphatic rings. The van der Waals surface area contributed by atoms with Crippen LogP contribution in [0.3, 0.4) is 0 Å². The largest absolute Gasteiger partial charge is 0.494 e. The van der Waals surface area contributed by atoms with Crippen LogP contribution in [0.1, 0.15) is 31.2 Å². The standard InChI is InChI=1S/C13H19IO/c1-12-6-8-13(9-7-12)15-11-5-3-2-4-10-14/h6-9H,2-5,10-11H2,1H3. The zero-order valence-electron chi connectivity index (χ0n) is 9.34. The molecule has 84 valence electrons. The summed E-state index contributed by atoms with van der Waals surface area (Å²) in [6.45, 7) is 2.94. The number of benzene rings is 1. The molecule has 1 aromatic carbocycles. The molecule has 1 aromatic rings. The Morgan fingerprint density at radius 1 is 1.00 bits per heavy atom. The van der Waals surface area contributed by atoms with E-state index >= 15 is 0 Å². The fourth-order valence-electron chi connectivity index (χ4n) is 1.37. The summed E-state index contributed by atoms with van der Waals surface area (Å²) in [7, 11) is 0. The summed E-state index contributed by atoms with van der Waals surface area (Å²) in [6, 6.07) is 8.26. The molecule has 2 heteroatoms. The second-order valence-electron chi connectivity index (χ2n) is 3.76. The number of hydrogen-bond donors (Lipinski definition) is 0. The van der Waals surface area contributed by atoms with Crippen LogP contribution in [0, 0.1) is 6.92 Å². The number of aryl methyl sites for hydroxylation is 1. The molecule has 0 atom stereocenters. The molecule has 0 heterocycles. The molecular formula is C13H19IO. The highest BCUT2D eigenvalue weighted by atomic mass is 127. The topological polar surface area (TPSA) is 9.23 Å². The van der Waals surface area contributed by atoms with Crippen LogP contribution in [-0.4, -0.2) is 11.0 Å². The molecule has 0 saturated carbocycles. The maximum absolute atomic E-state index is 5.64. The Hall–Kier alpha value is -0.250. The highest BCUT2D eigenvalue weighted by Gasteiger charge is 1.93. The van der Waals surface area contributed by atoms with Crippen molar-refractivity contribution >= 4 is 22.6 Å². The van der Waals surface area contributed by atoms with Gasteiger partial charge < -0.3 is 4.74 Å². The van der Waals surface area contributed by atoms with E-state index in [2.05, 4.69) is 41.6 Å². The van der Waals surface area contributed by atoms with Crippen molar-refractivity contribution in [3.63, 3.8) is 0 Å². The predicted octanol–water partition coefficient (Wildman–Crippen LogP) is 4.37. The third-order valence-corrected chi connectivity index (χ3v) is 3.08. The average molecular weight is 318 g/mol. The lowest BCUT2D eigenvalue weighted by Gasteiger charge is -2.05. The third-order valence-electron chi connectivity index (χ3n) is 2.32. The van der Waals surface area contributed by atoms with Gasteiger partial charge in [0.1, 0.15) is 5.75 Å². The van der Waals surface area contributed by atoms with Crippen molar-refractivity contribution in [3.05, 3.63) is 29.8 Å². The summed E-state index contributed by atoms with van der Waals surface area (Å²) in [6.07, 6.45) is 5.13. The summed E-state index contributed by atoms with van der Waals surface area (Å²) in [5.74, 6) is 0.995. The molecule has 0 N–H and O–H groups in total. The van der Waals surface area contributed by atoms with Crippen LogP contribution in [0.15, 0.2) is 24.3 Å². The van der Waals surface area contributed by atoms with E-state index in [1.165, 1.54) is 35.7 Å². The monoisotopic (exact) mass is 318 g/mol. The summed E-state index contributed by atoms with van der Waals surface area (Å²) in [4.78, 5) is 0. The maximum Gasteiger partial charge on any atom is 0.119 e. The highest BCUT2D eigenvalue weighted by molar-refractivity contribution is 14.1. The molecular weight excluding hydrogens is 299 g/mol. The third kappa shape index (κ3) is 6.03. The van der Waals surface area contributed by atoms with Gasteiger partial charge >= 0.3 is 0 Å². The Balaban J connectivity index is 2.07. The summed E-state index contributed by atoms with van der Waals surface area (Å²) in [5.41, 5.74) is 1.28. The van der Waals surface area contributed by atoms with Gasteiger partial charge in [-0.25, -0.2) is 0 Å². The maximum atomic E-state index is 5.64. The van der Waals surface area contributed by atoms with Crippen LogP contribution in [0.25, 0.3) is 0 Å². The average Bonchev–Trinajstić information content (AvgIpc) is 2.26. The summed E-state index contributed by atoms with van der Waals surface area (Å²) in [5, 5.41) is 0. The van der Waals surface area contributed by atoms with Gasteiger partial charge in [0.15, 0.2) is 0 Å². The van der Waals surface area contributed by atoms with E-state index in [4.69, 9.17) is 4.74 Å². The predicted molar refractivity (Wildman–Crippen MR) is 74.0 cm³/mol. The summed E-state index contributed by atoms with van der Waals surface area (Å²) >= 11 is 2.43. The van der Waals surface area contributed by atoms with Crippen LogP contribution in [0.4, 0.5) is 0 Å². The van der Waals surface area contributed by atoms with Crippen LogP contribution in [0.2, 0.25) is 0 Å². The first-order valence-electron chi connectivity index (χ1n) is 5.58. The molecule has 0 saturated heterocycles. The van der Waals surface area contributed by atoms with Crippen LogP contribution < -0.4 is 4.74 Å². The SMILES string of the molecule is Cc1ccc(OCCCCCCI)cc1. The lowest BCUT2D eigenvalue weighted by atomic mass is 10.2. The minimum absolute atomic E-state index is 0.851. The molecule has 0 amide bonds. The molecule has 0 radical (unpaired) electrons. The Kier molecular flexibility index (Phi) is 6.81. The number of hydrogen-bond acceptors (Lipinski definition) is 1. The second-order valence-corrected chi connectivity index (χ2v) is 4.84. The van der Waals surface area contributed by atoms with E-state index < -0.39 is 0 Å². The number of unbranched alkanes of at least 4 members (excludes halogenated alkanes) is 3. The minimum Gasteiger partial charge on any atom is -0.494 e. The molecule has 0 bridgehead atoms. The van der Waals surface area contributed by atoms with E-state index in [1.54, 1.807) is 0 Å². The van der Waals surface area contributed by atoms with Gasteiger partial charge in [0.25, 0.3) is 0 Å². The Labute approximate surface area is 106 Å². The van der Waals surface area contributed by atoms with Gasteiger partial charge in [-0.15, -0.1) is 0 Å². The van der Waals surface area contributed by atoms with Crippen molar-refractivity contribution in [1.82, 2.24) is 0 Å². The minimum atomic E-state index is 0.851. The molecule has 0 aliphatic heterocycles. The number of halogens is 1. The first kappa shape index (κ1) is 12.8. The second kappa shape index (κ2) is 7.97. The molecule has 15 heavy (non-hydrogen) atoms. The van der Waals surface area contributed by atoms with Crippen LogP contribution in [-0.2, 0) is 0 Å². The van der Waals surface area contributed by atoms with Gasteiger partial charge in [-0.05, 0) is 36.3 Å². The van der Waals surface area contributed by atoms with Crippen molar-refractivity contribution in [2.45, 2.75) is 32.6 Å². The first-order chi connectivity index (χ1) is 7.33. The van der Waals surface area contributed by atoms with Crippen molar-refractivity contribution in [2.24, 2.45) is 0 Å². The Morgan fingerprint density at radius 3 is 2.33 bits per heavy atom. The van der Waals surface area contributed by atoms with E-state index in [0.717, 1.165) is 12.4 Å². The fourth-order valence-corrected chi connectivity index (χ4v) is 1.91. The van der Waals surface area contributed by atoms with Crippen molar-refractivity contribution in [2.75, 3.05) is 11.0 Å². The van der Waals surface area contributed by atoms with E-state index in [-0.39, 0.29) is 0 Å². The fraction of sp³-hybridized carbons (Fsp3) is 0.538. The Bertz CT molecular complexity index is 256. The van der Waals surface area contributed by atoms with Crippen LogP contribution in [0.5, 0.6) is 5.75 Å². The molecule has 0 aliphatic carbocycles. The molecule has 1 nitrogen and oxygen atoms in total. The number of rotatable bonds is 7. The summed E-state index contributed by atoms with van der Waals surface area (Å²) < 4.78 is 6.91. The van der Waals surface area contributed by atoms with E-state index in [0.29, 0.717) is 0 Å². The zero-order valence-corrected chi connectivity index (χ0v) is 11.5. The van der Waals surface area contributed by atoms with Gasteiger partial charge in [0, 0.05) is 0 Å².